The molecule has 5 atom stereocenters. The number of rotatable bonds is 74. The van der Waals surface area contributed by atoms with Gasteiger partial charge in [-0.2, -0.15) is 0 Å². The van der Waals surface area contributed by atoms with Gasteiger partial charge in [0.25, 0.3) is 0 Å². The Hall–Kier alpha value is -5.06. The number of carbonyl (C=O) groups excluding carboxylic acids is 4. The first kappa shape index (κ1) is 98.9. The van der Waals surface area contributed by atoms with Crippen LogP contribution in [0.25, 0.3) is 0 Å². The van der Waals surface area contributed by atoms with Crippen LogP contribution in [0.5, 0.6) is 0 Å². The maximum absolute atomic E-state index is 13.1. The third-order valence-electron chi connectivity index (χ3n) is 16.3. The van der Waals surface area contributed by atoms with Gasteiger partial charge in [-0.25, -0.2) is 9.13 Å². The molecule has 3 N–H and O–H groups in total. The maximum Gasteiger partial charge on any atom is 0.472 e. The van der Waals surface area contributed by atoms with Gasteiger partial charge in [0.05, 0.1) is 26.4 Å². The van der Waals surface area contributed by atoms with Crippen molar-refractivity contribution in [3.8, 4) is 0 Å². The molecular weight excluding hydrogens is 1350 g/mol. The number of phosphoric ester groups is 2. The quantitative estimate of drug-likeness (QED) is 0.0169. The van der Waals surface area contributed by atoms with Crippen molar-refractivity contribution >= 4 is 39.5 Å². The van der Waals surface area contributed by atoms with Crippen molar-refractivity contribution < 1.29 is 80.2 Å². The molecule has 5 unspecified atom stereocenters. The van der Waals surface area contributed by atoms with E-state index in [1.54, 1.807) is 0 Å². The van der Waals surface area contributed by atoms with E-state index in [1.165, 1.54) is 38.5 Å². The smallest absolute Gasteiger partial charge is 0.462 e. The zero-order valence-corrected chi connectivity index (χ0v) is 66.7. The van der Waals surface area contributed by atoms with Crippen LogP contribution in [0, 0.1) is 0 Å². The van der Waals surface area contributed by atoms with E-state index in [9.17, 15) is 43.2 Å². The zero-order valence-electron chi connectivity index (χ0n) is 64.9. The van der Waals surface area contributed by atoms with Crippen LogP contribution < -0.4 is 0 Å². The second kappa shape index (κ2) is 76.1. The maximum atomic E-state index is 13.1. The van der Waals surface area contributed by atoms with E-state index in [2.05, 4.69) is 174 Å². The van der Waals surface area contributed by atoms with Crippen molar-refractivity contribution in [3.63, 3.8) is 0 Å². The molecule has 104 heavy (non-hydrogen) atoms. The summed E-state index contributed by atoms with van der Waals surface area (Å²) in [6, 6.07) is 0. The van der Waals surface area contributed by atoms with Crippen LogP contribution in [0.1, 0.15) is 310 Å². The summed E-state index contributed by atoms with van der Waals surface area (Å²) in [6.07, 6.45) is 86.8. The second-order valence-corrected chi connectivity index (χ2v) is 29.1. The molecule has 0 rings (SSSR count). The first-order chi connectivity index (χ1) is 50.7. The lowest BCUT2D eigenvalue weighted by molar-refractivity contribution is -0.161. The summed E-state index contributed by atoms with van der Waals surface area (Å²) < 4.78 is 68.6. The minimum Gasteiger partial charge on any atom is -0.462 e. The summed E-state index contributed by atoms with van der Waals surface area (Å²) in [4.78, 5) is 73.0. The Balaban J connectivity index is 5.43. The molecule has 0 spiro atoms. The minimum absolute atomic E-state index is 0.0631. The van der Waals surface area contributed by atoms with Gasteiger partial charge in [0, 0.05) is 25.7 Å². The Kier molecular flexibility index (Phi) is 72.4. The normalized spacial score (nSPS) is 14.6. The average molecular weight is 1500 g/mol. The van der Waals surface area contributed by atoms with Gasteiger partial charge in [-0.05, 0) is 161 Å². The van der Waals surface area contributed by atoms with Crippen LogP contribution >= 0.6 is 15.6 Å². The molecule has 0 aliphatic carbocycles. The number of carbonyl (C=O) groups is 4. The molecule has 0 aromatic carbocycles. The highest BCUT2D eigenvalue weighted by molar-refractivity contribution is 7.47. The summed E-state index contributed by atoms with van der Waals surface area (Å²) in [5.74, 6) is -2.26. The molecule has 594 valence electrons. The fourth-order valence-electron chi connectivity index (χ4n) is 10.3. The lowest BCUT2D eigenvalue weighted by atomic mass is 10.1. The summed E-state index contributed by atoms with van der Waals surface area (Å²) in [5, 5.41) is 10.6. The van der Waals surface area contributed by atoms with Crippen molar-refractivity contribution in [2.75, 3.05) is 39.6 Å². The highest BCUT2D eigenvalue weighted by Gasteiger charge is 2.30. The predicted octanol–water partition coefficient (Wildman–Crippen LogP) is 23.4. The highest BCUT2D eigenvalue weighted by atomic mass is 31.2. The molecule has 0 aliphatic heterocycles. The topological polar surface area (TPSA) is 237 Å². The van der Waals surface area contributed by atoms with Crippen molar-refractivity contribution in [1.82, 2.24) is 0 Å². The molecule has 0 amide bonds. The van der Waals surface area contributed by atoms with Gasteiger partial charge >= 0.3 is 39.5 Å². The molecule has 0 heterocycles. The lowest BCUT2D eigenvalue weighted by Crippen LogP contribution is -2.30. The Bertz CT molecular complexity index is 2540. The molecule has 19 heteroatoms. The van der Waals surface area contributed by atoms with Gasteiger partial charge in [-0.1, -0.05) is 270 Å². The number of esters is 4. The SMILES string of the molecule is CC/C=C\C/C=C\C/C=C\C/C=C\C/C=C\CCCCCC(=O)OCC(COP(=O)(O)OCC(O)COP(=O)(O)OCC(COC(=O)CCCCCCC/C=C\C/C=C\C/C=C\CC)OC(=O)CCCCCCC/C=C\CCCCCCCC)OC(=O)CCCCCCC/C=C\C/C=C\C/C=C\CC. The largest absolute Gasteiger partial charge is 0.472 e. The summed E-state index contributed by atoms with van der Waals surface area (Å²) in [6.45, 7) is 4.45. The van der Waals surface area contributed by atoms with Gasteiger partial charge in [0.15, 0.2) is 12.2 Å². The Morgan fingerprint density at radius 2 is 0.500 bits per heavy atom. The molecule has 0 aromatic heterocycles. The summed E-state index contributed by atoms with van der Waals surface area (Å²) in [5.41, 5.74) is 0. The molecule has 0 radical (unpaired) electrons. The van der Waals surface area contributed by atoms with Crippen molar-refractivity contribution in [3.05, 3.63) is 146 Å². The van der Waals surface area contributed by atoms with Gasteiger partial charge in [0.1, 0.15) is 19.3 Å². The molecule has 0 saturated carbocycles. The van der Waals surface area contributed by atoms with Crippen LogP contribution in [-0.4, -0.2) is 96.7 Å². The molecule has 17 nitrogen and oxygen atoms in total. The number of aliphatic hydroxyl groups excluding tert-OH is 1. The number of hydrogen-bond acceptors (Lipinski definition) is 15. The summed E-state index contributed by atoms with van der Waals surface area (Å²) in [7, 11) is -9.99. The second-order valence-electron chi connectivity index (χ2n) is 26.2. The van der Waals surface area contributed by atoms with Crippen LogP contribution in [0.15, 0.2) is 146 Å². The van der Waals surface area contributed by atoms with E-state index in [0.717, 1.165) is 193 Å². The van der Waals surface area contributed by atoms with Gasteiger partial charge in [-0.15, -0.1) is 0 Å². The van der Waals surface area contributed by atoms with E-state index in [0.29, 0.717) is 25.7 Å². The fraction of sp³-hybridized carbons (Fsp3) is 0.671. The third kappa shape index (κ3) is 75.2. The average Bonchev–Trinajstić information content (AvgIpc) is 0.918. The monoisotopic (exact) mass is 1500 g/mol. The summed E-state index contributed by atoms with van der Waals surface area (Å²) >= 11 is 0. The van der Waals surface area contributed by atoms with Gasteiger partial charge < -0.3 is 33.8 Å². The molecule has 0 fully saturated rings. The third-order valence-corrected chi connectivity index (χ3v) is 18.2. The van der Waals surface area contributed by atoms with E-state index in [-0.39, 0.29) is 25.7 Å². The Labute approximate surface area is 630 Å². The van der Waals surface area contributed by atoms with Crippen LogP contribution in [0.2, 0.25) is 0 Å². The van der Waals surface area contributed by atoms with E-state index in [4.69, 9.17) is 37.0 Å². The van der Waals surface area contributed by atoms with E-state index < -0.39 is 97.5 Å². The lowest BCUT2D eigenvalue weighted by Gasteiger charge is -2.21. The van der Waals surface area contributed by atoms with Crippen molar-refractivity contribution in [2.24, 2.45) is 0 Å². The first-order valence-corrected chi connectivity index (χ1v) is 43.1. The van der Waals surface area contributed by atoms with E-state index >= 15 is 0 Å². The Morgan fingerprint density at radius 1 is 0.279 bits per heavy atom. The standard InChI is InChI=1S/C85H142O17P2/c1-5-9-13-17-21-25-29-33-37-38-39-40-44-46-50-54-58-62-66-70-83(88)96-76-81(102-85(90)72-68-64-60-56-52-48-43-36-32-28-24-20-16-12-8-4)78-100-104(93,94)98-74-79(86)73-97-103(91,92)99-77-80(101-84(89)71-67-63-59-55-51-47-42-35-31-27-23-19-15-11-7-3)75-95-82(87)69-65-61-57-53-49-45-41-34-30-26-22-18-14-10-6-2/h9-10,12-14,16,21-22,24-26,28,33-37,39-43,46,50,79-81,86H,5-8,11,15,17-20,23,27,29-32,38,44-45,47-49,51-78H2,1-4H3,(H,91,92)(H,93,94)/b13-9-,14-10-,16-12-,25-21-,26-22-,28-24-,37-33-,40-39-,41-34-,42-35-,43-36-,50-46-. The number of unbranched alkanes of at least 4 members (excludes halogenated alkanes) is 24. The molecule has 0 bridgehead atoms. The predicted molar refractivity (Wildman–Crippen MR) is 427 cm³/mol. The van der Waals surface area contributed by atoms with E-state index in [1.807, 2.05) is 0 Å². The van der Waals surface area contributed by atoms with Crippen molar-refractivity contribution in [1.29, 1.82) is 0 Å². The van der Waals surface area contributed by atoms with Crippen LogP contribution in [0.3, 0.4) is 0 Å². The highest BCUT2D eigenvalue weighted by Crippen LogP contribution is 2.45. The minimum atomic E-state index is -5.00. The van der Waals surface area contributed by atoms with Gasteiger partial charge in [-0.3, -0.25) is 37.3 Å². The number of allylic oxidation sites excluding steroid dienone is 24. The first-order valence-electron chi connectivity index (χ1n) is 40.1. The van der Waals surface area contributed by atoms with Gasteiger partial charge in [0.2, 0.25) is 0 Å². The number of hydrogen-bond donors (Lipinski definition) is 3. The molecule has 0 aliphatic rings. The Morgan fingerprint density at radius 3 is 0.788 bits per heavy atom. The fourth-order valence-corrected chi connectivity index (χ4v) is 11.8. The number of aliphatic hydroxyl groups is 1. The molecule has 0 saturated heterocycles. The number of ether oxygens (including phenoxy) is 4. The van der Waals surface area contributed by atoms with Crippen molar-refractivity contribution in [2.45, 2.75) is 329 Å². The zero-order chi connectivity index (χ0) is 76.0. The van der Waals surface area contributed by atoms with Crippen LogP contribution in [0.4, 0.5) is 0 Å². The number of phosphoric acid groups is 2. The molecule has 0 aromatic rings. The van der Waals surface area contributed by atoms with Crippen LogP contribution in [-0.2, 0) is 65.4 Å². The molecular formula is C85H142O17P2.